The van der Waals surface area contributed by atoms with Crippen LogP contribution in [-0.4, -0.2) is 8.07 Å². The van der Waals surface area contributed by atoms with Gasteiger partial charge in [-0.15, -0.1) is 47.9 Å². The van der Waals surface area contributed by atoms with Crippen LogP contribution in [0.5, 0.6) is 0 Å². The summed E-state index contributed by atoms with van der Waals surface area (Å²) >= 11 is 4.76. The molecule has 1 unspecified atom stereocenters. The Labute approximate surface area is 215 Å². The number of hydrogen-bond donors (Lipinski definition) is 0. The van der Waals surface area contributed by atoms with Gasteiger partial charge in [0.25, 0.3) is 0 Å². The normalized spacial score (nSPS) is 15.5. The SMILES string of the molecule is Brc1cc[c-]c2c1C(c1ccccc1)C=C2.C[Si](C)(C)C1=CC[C-]=C1.[Cl-].[Cl-].[S]=[Zr+2]. The molecule has 2 aromatic carbocycles. The van der Waals surface area contributed by atoms with E-state index in [-0.39, 0.29) is 24.8 Å². The quantitative estimate of drug-likeness (QED) is 0.373. The van der Waals surface area contributed by atoms with Gasteiger partial charge in [0, 0.05) is 0 Å². The Morgan fingerprint density at radius 1 is 1.07 bits per heavy atom. The van der Waals surface area contributed by atoms with E-state index in [2.05, 4.69) is 117 Å². The van der Waals surface area contributed by atoms with Crippen LogP contribution in [0.2, 0.25) is 19.6 Å². The molecule has 2 aromatic rings. The van der Waals surface area contributed by atoms with Crippen LogP contribution in [0.1, 0.15) is 29.0 Å². The maximum absolute atomic E-state index is 4.17. The second-order valence-electron chi connectivity index (χ2n) is 7.36. The van der Waals surface area contributed by atoms with Crippen molar-refractivity contribution in [2.24, 2.45) is 0 Å². The number of hydrogen-bond acceptors (Lipinski definition) is 1. The fourth-order valence-corrected chi connectivity index (χ4v) is 4.94. The van der Waals surface area contributed by atoms with E-state index in [1.165, 1.54) is 21.2 Å². The van der Waals surface area contributed by atoms with Crippen LogP contribution in [0.3, 0.4) is 0 Å². The van der Waals surface area contributed by atoms with Gasteiger partial charge in [0.05, 0.1) is 0 Å². The molecule has 0 heterocycles. The van der Waals surface area contributed by atoms with Crippen LogP contribution in [0, 0.1) is 12.1 Å². The molecule has 0 fully saturated rings. The molecule has 2 aliphatic rings. The number of fused-ring (bicyclic) bond motifs is 1. The molecular formula is C23H23BrCl2SSiZr-2. The maximum atomic E-state index is 4.17. The molecule has 0 spiro atoms. The van der Waals surface area contributed by atoms with Crippen LogP contribution in [0.4, 0.5) is 0 Å². The van der Waals surface area contributed by atoms with Gasteiger partial charge in [0.2, 0.25) is 0 Å². The fourth-order valence-electron chi connectivity index (χ4n) is 3.10. The first-order chi connectivity index (χ1) is 13.0. The van der Waals surface area contributed by atoms with Crippen LogP contribution >= 0.6 is 24.8 Å². The first-order valence-corrected chi connectivity index (χ1v) is 16.6. The summed E-state index contributed by atoms with van der Waals surface area (Å²) in [5, 5.41) is 1.56. The summed E-state index contributed by atoms with van der Waals surface area (Å²) in [6.45, 7) is 7.09. The van der Waals surface area contributed by atoms with E-state index in [1.807, 2.05) is 6.07 Å². The molecule has 0 N–H and O–H groups in total. The van der Waals surface area contributed by atoms with Crippen molar-refractivity contribution in [3.8, 4) is 0 Å². The molecule has 0 aromatic heterocycles. The third kappa shape index (κ3) is 8.24. The monoisotopic (exact) mass is 598 g/mol. The van der Waals surface area contributed by atoms with E-state index in [4.69, 9.17) is 0 Å². The number of rotatable bonds is 2. The van der Waals surface area contributed by atoms with Gasteiger partial charge in [-0.2, -0.15) is 6.08 Å². The summed E-state index contributed by atoms with van der Waals surface area (Å²) in [6, 6.07) is 17.9. The van der Waals surface area contributed by atoms with Crippen LogP contribution in [-0.2, 0) is 22.7 Å². The summed E-state index contributed by atoms with van der Waals surface area (Å²) in [4.78, 5) is 0. The zero-order valence-corrected chi connectivity index (χ0v) is 24.0. The summed E-state index contributed by atoms with van der Waals surface area (Å²) in [5.74, 6) is 0.364. The Morgan fingerprint density at radius 3 is 2.24 bits per heavy atom. The first-order valence-electron chi connectivity index (χ1n) is 8.87. The van der Waals surface area contributed by atoms with Gasteiger partial charge in [0.15, 0.2) is 0 Å². The van der Waals surface area contributed by atoms with Gasteiger partial charge in [-0.05, 0) is 19.6 Å². The minimum atomic E-state index is -0.981. The molecule has 1 atom stereocenters. The Bertz CT molecular complexity index is 861. The van der Waals surface area contributed by atoms with Crippen molar-refractivity contribution in [2.75, 3.05) is 0 Å². The Hall–Kier alpha value is 0.0400. The summed E-state index contributed by atoms with van der Waals surface area (Å²) in [5.41, 5.74) is 3.86. The van der Waals surface area contributed by atoms with Crippen molar-refractivity contribution in [2.45, 2.75) is 32.0 Å². The van der Waals surface area contributed by atoms with Crippen molar-refractivity contribution in [3.63, 3.8) is 0 Å². The van der Waals surface area contributed by atoms with Gasteiger partial charge in [0.1, 0.15) is 0 Å². The van der Waals surface area contributed by atoms with E-state index in [1.54, 1.807) is 5.20 Å². The number of allylic oxidation sites excluding steroid dienone is 5. The molecule has 0 amide bonds. The average Bonchev–Trinajstić information content (AvgIpc) is 3.35. The van der Waals surface area contributed by atoms with Crippen molar-refractivity contribution < 1.29 is 47.5 Å². The van der Waals surface area contributed by atoms with Crippen LogP contribution in [0.25, 0.3) is 6.08 Å². The number of halogens is 3. The van der Waals surface area contributed by atoms with Crippen molar-refractivity contribution in [1.82, 2.24) is 0 Å². The second-order valence-corrected chi connectivity index (χ2v) is 13.3. The molecule has 4 rings (SSSR count). The molecule has 0 nitrogen and oxygen atoms in total. The molecular weight excluding hydrogens is 578 g/mol. The fraction of sp³-hybridized carbons (Fsp3) is 0.217. The summed E-state index contributed by atoms with van der Waals surface area (Å²) < 4.78 is 1.17. The standard InChI is InChI=1S/C15H10Br.C8H13Si.2ClH.S.Zr/c16-14-8-4-7-12-9-10-13(15(12)14)11-5-2-1-3-6-11;1-9(2,3)8-6-4-5-7-8;;;;/h1-6,8-10,13H;6-7H,4H2,1-3H3;2*1H;;/q2*-1;;;;+2/p-2. The van der Waals surface area contributed by atoms with E-state index >= 15 is 0 Å². The Kier molecular flexibility index (Phi) is 14.2. The third-order valence-corrected chi connectivity index (χ3v) is 7.28. The van der Waals surface area contributed by atoms with Gasteiger partial charge < -0.3 is 24.8 Å². The van der Waals surface area contributed by atoms with E-state index in [0.29, 0.717) is 5.92 Å². The molecule has 152 valence electrons. The van der Waals surface area contributed by atoms with E-state index in [0.717, 1.165) is 29.1 Å². The topological polar surface area (TPSA) is 0 Å². The molecule has 0 saturated heterocycles. The molecule has 0 saturated carbocycles. The molecule has 0 radical (unpaired) electrons. The van der Waals surface area contributed by atoms with Gasteiger partial charge in [-0.25, -0.2) is 11.3 Å². The summed E-state index contributed by atoms with van der Waals surface area (Å²) in [6.07, 6.45) is 13.1. The van der Waals surface area contributed by atoms with Crippen LogP contribution in [0.15, 0.2) is 70.4 Å². The minimum absolute atomic E-state index is 0. The van der Waals surface area contributed by atoms with Gasteiger partial charge >= 0.3 is 31.5 Å². The van der Waals surface area contributed by atoms with E-state index < -0.39 is 8.07 Å². The predicted octanol–water partition coefficient (Wildman–Crippen LogP) is 1.61. The molecule has 29 heavy (non-hydrogen) atoms. The van der Waals surface area contributed by atoms with Crippen molar-refractivity contribution in [1.29, 1.82) is 0 Å². The zero-order valence-electron chi connectivity index (χ0n) is 16.7. The van der Waals surface area contributed by atoms with Crippen molar-refractivity contribution >= 4 is 38.9 Å². The van der Waals surface area contributed by atoms with Gasteiger partial charge in [-0.1, -0.05) is 70.4 Å². The molecule has 2 aliphatic carbocycles. The number of benzene rings is 2. The first kappa shape index (κ1) is 29.0. The molecule has 0 bridgehead atoms. The zero-order chi connectivity index (χ0) is 19.9. The average molecular weight is 602 g/mol. The Morgan fingerprint density at radius 2 is 1.72 bits per heavy atom. The third-order valence-electron chi connectivity index (χ3n) is 4.50. The second kappa shape index (κ2) is 14.2. The van der Waals surface area contributed by atoms with E-state index in [9.17, 15) is 0 Å². The Balaban J connectivity index is 0.000000524. The van der Waals surface area contributed by atoms with Crippen LogP contribution < -0.4 is 24.8 Å². The van der Waals surface area contributed by atoms with Gasteiger partial charge in [-0.3, -0.25) is 6.08 Å². The molecule has 6 heteroatoms. The predicted molar refractivity (Wildman–Crippen MR) is 122 cm³/mol. The van der Waals surface area contributed by atoms with Crippen molar-refractivity contribution in [3.05, 3.63) is 99.2 Å². The summed E-state index contributed by atoms with van der Waals surface area (Å²) in [7, 11) is 3.19. The molecule has 0 aliphatic heterocycles.